The number of rotatable bonds is 1. The molecule has 0 radical (unpaired) electrons. The minimum Gasteiger partial charge on any atom is -0.397 e. The van der Waals surface area contributed by atoms with Crippen LogP contribution in [0.1, 0.15) is 0 Å². The van der Waals surface area contributed by atoms with E-state index in [2.05, 4.69) is 9.88 Å². The number of hydrogen-bond acceptors (Lipinski definition) is 4. The van der Waals surface area contributed by atoms with Gasteiger partial charge >= 0.3 is 0 Å². The van der Waals surface area contributed by atoms with Gasteiger partial charge in [-0.05, 0) is 0 Å². The van der Waals surface area contributed by atoms with Gasteiger partial charge in [-0.2, -0.15) is 0 Å². The first kappa shape index (κ1) is 9.55. The Kier molecular flexibility index (Phi) is 2.74. The van der Waals surface area contributed by atoms with Crippen LogP contribution >= 0.6 is 11.6 Å². The van der Waals surface area contributed by atoms with Gasteiger partial charge in [0.15, 0.2) is 0 Å². The van der Waals surface area contributed by atoms with Gasteiger partial charge in [-0.1, -0.05) is 11.6 Å². The van der Waals surface area contributed by atoms with Gasteiger partial charge in [0.1, 0.15) is 5.82 Å². The van der Waals surface area contributed by atoms with Crippen LogP contribution in [-0.2, 0) is 4.74 Å². The Hall–Kier alpha value is -1.00. The van der Waals surface area contributed by atoms with Crippen molar-refractivity contribution in [1.82, 2.24) is 4.98 Å². The number of nitrogens with two attached hydrogens (primary N) is 1. The zero-order valence-corrected chi connectivity index (χ0v) is 8.50. The van der Waals surface area contributed by atoms with Crippen molar-refractivity contribution in [3.63, 3.8) is 0 Å². The van der Waals surface area contributed by atoms with Gasteiger partial charge in [0, 0.05) is 25.4 Å². The number of nitrogen functional groups attached to an aromatic ring is 1. The summed E-state index contributed by atoms with van der Waals surface area (Å²) in [5, 5.41) is 0.502. The quantitative estimate of drug-likeness (QED) is 0.761. The third-order valence-corrected chi connectivity index (χ3v) is 2.52. The molecular weight excluding hydrogens is 202 g/mol. The van der Waals surface area contributed by atoms with Gasteiger partial charge in [0.05, 0.1) is 23.9 Å². The van der Waals surface area contributed by atoms with Gasteiger partial charge in [0.2, 0.25) is 0 Å². The predicted octanol–water partition coefficient (Wildman–Crippen LogP) is 1.15. The number of pyridine rings is 1. The molecule has 0 saturated carbocycles. The van der Waals surface area contributed by atoms with E-state index in [1.165, 1.54) is 0 Å². The van der Waals surface area contributed by atoms with Crippen molar-refractivity contribution < 1.29 is 4.74 Å². The highest BCUT2D eigenvalue weighted by Crippen LogP contribution is 2.22. The highest BCUT2D eigenvalue weighted by Gasteiger charge is 2.12. The topological polar surface area (TPSA) is 51.4 Å². The first-order valence-corrected chi connectivity index (χ1v) is 4.89. The lowest BCUT2D eigenvalue weighted by atomic mass is 10.3. The highest BCUT2D eigenvalue weighted by atomic mass is 35.5. The summed E-state index contributed by atoms with van der Waals surface area (Å²) in [4.78, 5) is 6.36. The Morgan fingerprint density at radius 3 is 2.79 bits per heavy atom. The van der Waals surface area contributed by atoms with Crippen LogP contribution in [0, 0.1) is 0 Å². The van der Waals surface area contributed by atoms with E-state index in [1.54, 1.807) is 12.3 Å². The molecule has 2 heterocycles. The first-order chi connectivity index (χ1) is 6.77. The lowest BCUT2D eigenvalue weighted by molar-refractivity contribution is 0.122. The molecule has 0 amide bonds. The second kappa shape index (κ2) is 4.02. The van der Waals surface area contributed by atoms with Gasteiger partial charge in [0.25, 0.3) is 0 Å². The summed E-state index contributed by atoms with van der Waals surface area (Å²) in [5.41, 5.74) is 6.27. The molecule has 1 saturated heterocycles. The summed E-state index contributed by atoms with van der Waals surface area (Å²) in [5.74, 6) is 0.871. The van der Waals surface area contributed by atoms with E-state index in [0.717, 1.165) is 32.1 Å². The molecule has 0 atom stereocenters. The lowest BCUT2D eigenvalue weighted by Crippen LogP contribution is -2.36. The highest BCUT2D eigenvalue weighted by molar-refractivity contribution is 6.32. The number of anilines is 2. The van der Waals surface area contributed by atoms with E-state index >= 15 is 0 Å². The zero-order chi connectivity index (χ0) is 9.97. The van der Waals surface area contributed by atoms with E-state index in [9.17, 15) is 0 Å². The average molecular weight is 214 g/mol. The van der Waals surface area contributed by atoms with Gasteiger partial charge in [-0.25, -0.2) is 4.98 Å². The standard InChI is InChI=1S/C9H12ClN3O/c10-7-6-12-9(5-8(7)11)13-1-3-14-4-2-13/h5-6H,1-4H2,(H2,11,12). The van der Waals surface area contributed by atoms with Crippen LogP contribution in [0.15, 0.2) is 12.3 Å². The van der Waals surface area contributed by atoms with Crippen molar-refractivity contribution in [3.8, 4) is 0 Å². The first-order valence-electron chi connectivity index (χ1n) is 4.51. The van der Waals surface area contributed by atoms with E-state index in [4.69, 9.17) is 22.1 Å². The number of hydrogen-bond donors (Lipinski definition) is 1. The fourth-order valence-electron chi connectivity index (χ4n) is 1.41. The van der Waals surface area contributed by atoms with Crippen LogP contribution in [-0.4, -0.2) is 31.3 Å². The van der Waals surface area contributed by atoms with E-state index < -0.39 is 0 Å². The molecule has 4 nitrogen and oxygen atoms in total. The maximum absolute atomic E-state index is 5.79. The Balaban J connectivity index is 2.18. The summed E-state index contributed by atoms with van der Waals surface area (Å²) in [6.45, 7) is 3.19. The molecule has 76 valence electrons. The van der Waals surface area contributed by atoms with E-state index in [0.29, 0.717) is 10.7 Å². The number of morpholine rings is 1. The minimum atomic E-state index is 0.502. The molecule has 0 aliphatic carbocycles. The third kappa shape index (κ3) is 1.91. The second-order valence-corrected chi connectivity index (χ2v) is 3.57. The summed E-state index contributed by atoms with van der Waals surface area (Å²) in [6, 6.07) is 1.80. The van der Waals surface area contributed by atoms with Crippen molar-refractivity contribution in [1.29, 1.82) is 0 Å². The van der Waals surface area contributed by atoms with E-state index in [1.807, 2.05) is 0 Å². The molecule has 2 rings (SSSR count). The molecule has 0 aromatic carbocycles. The summed E-state index contributed by atoms with van der Waals surface area (Å²) < 4.78 is 5.25. The summed E-state index contributed by atoms with van der Waals surface area (Å²) in [6.07, 6.45) is 1.59. The van der Waals surface area contributed by atoms with Crippen molar-refractivity contribution in [2.24, 2.45) is 0 Å². The molecule has 1 aliphatic heterocycles. The number of halogens is 1. The molecule has 2 N–H and O–H groups in total. The van der Waals surface area contributed by atoms with Crippen molar-refractivity contribution in [2.45, 2.75) is 0 Å². The molecular formula is C9H12ClN3O. The fraction of sp³-hybridized carbons (Fsp3) is 0.444. The van der Waals surface area contributed by atoms with E-state index in [-0.39, 0.29) is 0 Å². The molecule has 1 fully saturated rings. The molecule has 1 aromatic heterocycles. The number of nitrogens with zero attached hydrogens (tertiary/aromatic N) is 2. The minimum absolute atomic E-state index is 0.502. The molecule has 0 spiro atoms. The average Bonchev–Trinajstić information content (AvgIpc) is 2.23. The van der Waals surface area contributed by atoms with Crippen molar-refractivity contribution in [2.75, 3.05) is 36.9 Å². The Morgan fingerprint density at radius 1 is 1.43 bits per heavy atom. The van der Waals surface area contributed by atoms with Crippen LogP contribution < -0.4 is 10.6 Å². The normalized spacial score (nSPS) is 17.1. The largest absolute Gasteiger partial charge is 0.397 e. The molecule has 0 bridgehead atoms. The SMILES string of the molecule is Nc1cc(N2CCOCC2)ncc1Cl. The fourth-order valence-corrected chi connectivity index (χ4v) is 1.51. The monoisotopic (exact) mass is 213 g/mol. The summed E-state index contributed by atoms with van der Waals surface area (Å²) >= 11 is 5.79. The lowest BCUT2D eigenvalue weighted by Gasteiger charge is -2.27. The molecule has 0 unspecified atom stereocenters. The van der Waals surface area contributed by atoms with Crippen LogP contribution in [0.5, 0.6) is 0 Å². The van der Waals surface area contributed by atoms with Crippen LogP contribution in [0.25, 0.3) is 0 Å². The molecule has 14 heavy (non-hydrogen) atoms. The molecule has 1 aliphatic rings. The molecule has 1 aromatic rings. The Bertz CT molecular complexity index is 326. The smallest absolute Gasteiger partial charge is 0.130 e. The molecule has 5 heteroatoms. The van der Waals surface area contributed by atoms with Crippen molar-refractivity contribution in [3.05, 3.63) is 17.3 Å². The third-order valence-electron chi connectivity index (χ3n) is 2.21. The van der Waals surface area contributed by atoms with Gasteiger partial charge in [-0.3, -0.25) is 0 Å². The maximum Gasteiger partial charge on any atom is 0.130 e. The maximum atomic E-state index is 5.79. The number of aromatic nitrogens is 1. The Labute approximate surface area is 87.6 Å². The van der Waals surface area contributed by atoms with Crippen LogP contribution in [0.4, 0.5) is 11.5 Å². The Morgan fingerprint density at radius 2 is 2.14 bits per heavy atom. The van der Waals surface area contributed by atoms with Gasteiger partial charge in [-0.15, -0.1) is 0 Å². The zero-order valence-electron chi connectivity index (χ0n) is 7.74. The summed E-state index contributed by atoms with van der Waals surface area (Å²) in [7, 11) is 0. The van der Waals surface area contributed by atoms with Crippen molar-refractivity contribution >= 4 is 23.1 Å². The van der Waals surface area contributed by atoms with Crippen LogP contribution in [0.3, 0.4) is 0 Å². The second-order valence-electron chi connectivity index (χ2n) is 3.16. The number of ether oxygens (including phenoxy) is 1. The van der Waals surface area contributed by atoms with Crippen LogP contribution in [0.2, 0.25) is 5.02 Å². The van der Waals surface area contributed by atoms with Gasteiger partial charge < -0.3 is 15.4 Å². The predicted molar refractivity (Wildman–Crippen MR) is 56.7 cm³/mol.